The van der Waals surface area contributed by atoms with E-state index in [2.05, 4.69) is 19.2 Å². The van der Waals surface area contributed by atoms with Gasteiger partial charge in [-0.15, -0.1) is 0 Å². The minimum Gasteiger partial charge on any atom is -0.482 e. The summed E-state index contributed by atoms with van der Waals surface area (Å²) in [5, 5.41) is 2.63. The molecule has 2 aromatic rings. The first-order chi connectivity index (χ1) is 13.4. The number of ketones is 1. The van der Waals surface area contributed by atoms with Crippen LogP contribution in [0.25, 0.3) is 6.08 Å². The van der Waals surface area contributed by atoms with E-state index in [-0.39, 0.29) is 24.9 Å². The van der Waals surface area contributed by atoms with Gasteiger partial charge in [0.25, 0.3) is 5.91 Å². The predicted molar refractivity (Wildman–Crippen MR) is 105 cm³/mol. The van der Waals surface area contributed by atoms with Crippen molar-refractivity contribution < 1.29 is 23.9 Å². The molecule has 1 amide bonds. The molecule has 1 N–H and O–H groups in total. The first-order valence-electron chi connectivity index (χ1n) is 8.97. The summed E-state index contributed by atoms with van der Waals surface area (Å²) in [5.74, 6) is -0.311. The second-order valence-electron chi connectivity index (χ2n) is 6.73. The van der Waals surface area contributed by atoms with Gasteiger partial charge in [0.1, 0.15) is 5.75 Å². The first-order valence-corrected chi connectivity index (χ1v) is 8.97. The van der Waals surface area contributed by atoms with Crippen LogP contribution in [-0.4, -0.2) is 30.9 Å². The van der Waals surface area contributed by atoms with Crippen molar-refractivity contribution in [2.45, 2.75) is 19.8 Å². The Morgan fingerprint density at radius 2 is 1.93 bits per heavy atom. The van der Waals surface area contributed by atoms with Crippen molar-refractivity contribution in [1.29, 1.82) is 0 Å². The van der Waals surface area contributed by atoms with E-state index in [0.717, 1.165) is 5.56 Å². The second kappa shape index (κ2) is 8.52. The molecule has 28 heavy (non-hydrogen) atoms. The van der Waals surface area contributed by atoms with Crippen LogP contribution in [0, 0.1) is 0 Å². The minimum absolute atomic E-state index is 0.0512. The number of esters is 1. The van der Waals surface area contributed by atoms with Crippen molar-refractivity contribution in [1.82, 2.24) is 0 Å². The van der Waals surface area contributed by atoms with E-state index in [1.165, 1.54) is 17.7 Å². The van der Waals surface area contributed by atoms with Gasteiger partial charge >= 0.3 is 5.97 Å². The zero-order valence-electron chi connectivity index (χ0n) is 15.7. The normalized spacial score (nSPS) is 13.0. The maximum Gasteiger partial charge on any atom is 0.331 e. The lowest BCUT2D eigenvalue weighted by atomic mass is 10.0. The molecule has 0 spiro atoms. The third-order valence-electron chi connectivity index (χ3n) is 4.29. The highest BCUT2D eigenvalue weighted by Gasteiger charge is 2.18. The fourth-order valence-electron chi connectivity index (χ4n) is 2.68. The average Bonchev–Trinajstić information content (AvgIpc) is 2.70. The summed E-state index contributed by atoms with van der Waals surface area (Å²) in [6, 6.07) is 12.6. The third kappa shape index (κ3) is 4.85. The number of rotatable bonds is 6. The van der Waals surface area contributed by atoms with Crippen LogP contribution in [0.2, 0.25) is 0 Å². The largest absolute Gasteiger partial charge is 0.482 e. The topological polar surface area (TPSA) is 81.7 Å². The number of anilines is 1. The van der Waals surface area contributed by atoms with Crippen molar-refractivity contribution in [3.63, 3.8) is 0 Å². The quantitative estimate of drug-likeness (QED) is 0.471. The molecule has 0 radical (unpaired) electrons. The Hall–Kier alpha value is -3.41. The van der Waals surface area contributed by atoms with E-state index in [9.17, 15) is 14.4 Å². The summed E-state index contributed by atoms with van der Waals surface area (Å²) in [5.41, 5.74) is 2.85. The number of amides is 1. The second-order valence-corrected chi connectivity index (χ2v) is 6.73. The van der Waals surface area contributed by atoms with Gasteiger partial charge in [-0.2, -0.15) is 0 Å². The predicted octanol–water partition coefficient (Wildman–Crippen LogP) is 3.58. The van der Waals surface area contributed by atoms with Gasteiger partial charge in [0, 0.05) is 11.6 Å². The molecule has 0 bridgehead atoms. The van der Waals surface area contributed by atoms with E-state index >= 15 is 0 Å². The number of nitrogens with one attached hydrogen (secondary N) is 1. The number of hydrogen-bond acceptors (Lipinski definition) is 5. The van der Waals surface area contributed by atoms with E-state index in [1.807, 2.05) is 24.3 Å². The number of carbonyl (C=O) groups is 3. The molecular weight excluding hydrogens is 358 g/mol. The minimum atomic E-state index is -0.601. The third-order valence-corrected chi connectivity index (χ3v) is 4.29. The van der Waals surface area contributed by atoms with Crippen LogP contribution in [0.5, 0.6) is 5.75 Å². The Morgan fingerprint density at radius 1 is 1.18 bits per heavy atom. The maximum absolute atomic E-state index is 12.2. The lowest BCUT2D eigenvalue weighted by molar-refractivity contribution is -0.136. The van der Waals surface area contributed by atoms with Crippen LogP contribution < -0.4 is 10.1 Å². The molecule has 3 rings (SSSR count). The van der Waals surface area contributed by atoms with E-state index in [0.29, 0.717) is 22.9 Å². The summed E-state index contributed by atoms with van der Waals surface area (Å²) < 4.78 is 10.3. The molecule has 6 heteroatoms. The molecule has 1 heterocycles. The molecule has 0 saturated carbocycles. The van der Waals surface area contributed by atoms with Crippen LogP contribution in [0.4, 0.5) is 5.69 Å². The van der Waals surface area contributed by atoms with Crippen molar-refractivity contribution in [3.05, 3.63) is 65.2 Å². The fourth-order valence-corrected chi connectivity index (χ4v) is 2.68. The molecule has 0 aliphatic carbocycles. The average molecular weight is 379 g/mol. The molecule has 0 saturated heterocycles. The van der Waals surface area contributed by atoms with Crippen LogP contribution in [0.3, 0.4) is 0 Å². The molecule has 6 nitrogen and oxygen atoms in total. The summed E-state index contributed by atoms with van der Waals surface area (Å²) in [4.78, 5) is 35.5. The van der Waals surface area contributed by atoms with E-state index < -0.39 is 5.97 Å². The number of hydrogen-bond donors (Lipinski definition) is 1. The van der Waals surface area contributed by atoms with Gasteiger partial charge in [0.05, 0.1) is 5.69 Å². The molecule has 1 aliphatic heterocycles. The Kier molecular flexibility index (Phi) is 5.89. The highest BCUT2D eigenvalue weighted by molar-refractivity contribution is 6.02. The van der Waals surface area contributed by atoms with Gasteiger partial charge < -0.3 is 14.8 Å². The molecule has 0 unspecified atom stereocenters. The highest BCUT2D eigenvalue weighted by atomic mass is 16.5. The number of benzene rings is 2. The van der Waals surface area contributed by atoms with Gasteiger partial charge in [-0.25, -0.2) is 4.79 Å². The van der Waals surface area contributed by atoms with Gasteiger partial charge in [-0.05, 0) is 41.3 Å². The molecule has 1 aliphatic rings. The first kappa shape index (κ1) is 19.4. The summed E-state index contributed by atoms with van der Waals surface area (Å²) in [6.07, 6.45) is 2.93. The maximum atomic E-state index is 12.2. The van der Waals surface area contributed by atoms with Gasteiger partial charge in [-0.3, -0.25) is 9.59 Å². The zero-order chi connectivity index (χ0) is 20.1. The summed E-state index contributed by atoms with van der Waals surface area (Å²) in [6.45, 7) is 3.79. The van der Waals surface area contributed by atoms with Gasteiger partial charge in [0.2, 0.25) is 0 Å². The number of ether oxygens (including phenoxy) is 2. The zero-order valence-corrected chi connectivity index (χ0v) is 15.7. The van der Waals surface area contributed by atoms with Crippen molar-refractivity contribution in [3.8, 4) is 5.75 Å². The molecule has 0 fully saturated rings. The van der Waals surface area contributed by atoms with Crippen LogP contribution in [0.15, 0.2) is 48.5 Å². The monoisotopic (exact) mass is 379 g/mol. The Balaban J connectivity index is 1.55. The SMILES string of the molecule is CC(C)c1ccc(C=CC(=O)OCC(=O)c2ccc3c(c2)NC(=O)CO3)cc1. The molecular formula is C22H21NO5. The molecule has 0 aromatic heterocycles. The van der Waals surface area contributed by atoms with Crippen molar-refractivity contribution >= 4 is 29.4 Å². The standard InChI is InChI=1S/C22H21NO5/c1-14(2)16-6-3-15(4-7-16)5-10-22(26)28-12-19(24)17-8-9-20-18(11-17)23-21(25)13-27-20/h3-11,14H,12-13H2,1-2H3,(H,23,25). The molecule has 144 valence electrons. The van der Waals surface area contributed by atoms with Crippen molar-refractivity contribution in [2.24, 2.45) is 0 Å². The Bertz CT molecular complexity index is 928. The number of carbonyl (C=O) groups excluding carboxylic acids is 3. The van der Waals surface area contributed by atoms with E-state index in [4.69, 9.17) is 9.47 Å². The Morgan fingerprint density at radius 3 is 2.64 bits per heavy atom. The van der Waals surface area contributed by atoms with Crippen LogP contribution >= 0.6 is 0 Å². The lowest BCUT2D eigenvalue weighted by Crippen LogP contribution is -2.25. The van der Waals surface area contributed by atoms with Gasteiger partial charge in [0.15, 0.2) is 19.0 Å². The molecule has 0 atom stereocenters. The van der Waals surface area contributed by atoms with Crippen molar-refractivity contribution in [2.75, 3.05) is 18.5 Å². The number of fused-ring (bicyclic) bond motifs is 1. The van der Waals surface area contributed by atoms with Crippen LogP contribution in [-0.2, 0) is 14.3 Å². The van der Waals surface area contributed by atoms with Gasteiger partial charge in [-0.1, -0.05) is 38.1 Å². The summed E-state index contributed by atoms with van der Waals surface area (Å²) >= 11 is 0. The number of Topliss-reactive ketones (excluding diaryl/α,β-unsaturated/α-hetero) is 1. The fraction of sp³-hybridized carbons (Fsp3) is 0.227. The highest BCUT2D eigenvalue weighted by Crippen LogP contribution is 2.28. The van der Waals surface area contributed by atoms with Crippen LogP contribution in [0.1, 0.15) is 41.3 Å². The Labute approximate surface area is 163 Å². The van der Waals surface area contributed by atoms with E-state index in [1.54, 1.807) is 18.2 Å². The molecule has 2 aromatic carbocycles. The lowest BCUT2D eigenvalue weighted by Gasteiger charge is -2.18. The summed E-state index contributed by atoms with van der Waals surface area (Å²) in [7, 11) is 0. The smallest absolute Gasteiger partial charge is 0.331 e.